The SMILES string of the molecule is CC(C)OCCn1cnc2cc(Br)ccc2c1=O. The molecule has 0 aliphatic rings. The van der Waals surface area contributed by atoms with Crippen molar-refractivity contribution in [2.75, 3.05) is 6.61 Å². The molecule has 18 heavy (non-hydrogen) atoms. The molecule has 0 fully saturated rings. The lowest BCUT2D eigenvalue weighted by Gasteiger charge is -2.09. The van der Waals surface area contributed by atoms with E-state index in [2.05, 4.69) is 20.9 Å². The van der Waals surface area contributed by atoms with Crippen molar-refractivity contribution in [2.24, 2.45) is 0 Å². The molecular formula is C13H15BrN2O2. The van der Waals surface area contributed by atoms with E-state index in [0.717, 1.165) is 4.47 Å². The van der Waals surface area contributed by atoms with Gasteiger partial charge in [0.1, 0.15) is 0 Å². The molecule has 0 saturated carbocycles. The lowest BCUT2D eigenvalue weighted by Crippen LogP contribution is -2.23. The molecule has 96 valence electrons. The van der Waals surface area contributed by atoms with Gasteiger partial charge in [-0.25, -0.2) is 4.98 Å². The summed E-state index contributed by atoms with van der Waals surface area (Å²) in [4.78, 5) is 16.4. The molecule has 0 spiro atoms. The van der Waals surface area contributed by atoms with Crippen molar-refractivity contribution in [1.82, 2.24) is 9.55 Å². The number of ether oxygens (including phenoxy) is 1. The van der Waals surface area contributed by atoms with Crippen LogP contribution in [0.2, 0.25) is 0 Å². The maximum atomic E-state index is 12.2. The number of halogens is 1. The average molecular weight is 311 g/mol. The van der Waals surface area contributed by atoms with Crippen LogP contribution in [0, 0.1) is 0 Å². The van der Waals surface area contributed by atoms with Crippen LogP contribution in [0.5, 0.6) is 0 Å². The highest BCUT2D eigenvalue weighted by molar-refractivity contribution is 9.10. The molecule has 0 radical (unpaired) electrons. The monoisotopic (exact) mass is 310 g/mol. The van der Waals surface area contributed by atoms with Crippen LogP contribution in [0.25, 0.3) is 10.9 Å². The third-order valence-corrected chi connectivity index (χ3v) is 3.06. The van der Waals surface area contributed by atoms with Gasteiger partial charge in [-0.1, -0.05) is 15.9 Å². The second-order valence-corrected chi connectivity index (χ2v) is 5.24. The van der Waals surface area contributed by atoms with Crippen LogP contribution in [0.1, 0.15) is 13.8 Å². The van der Waals surface area contributed by atoms with E-state index in [-0.39, 0.29) is 11.7 Å². The van der Waals surface area contributed by atoms with E-state index in [9.17, 15) is 4.79 Å². The van der Waals surface area contributed by atoms with Gasteiger partial charge >= 0.3 is 0 Å². The van der Waals surface area contributed by atoms with Crippen LogP contribution in [-0.2, 0) is 11.3 Å². The number of hydrogen-bond donors (Lipinski definition) is 0. The van der Waals surface area contributed by atoms with E-state index in [1.54, 1.807) is 17.0 Å². The molecule has 0 aliphatic heterocycles. The zero-order chi connectivity index (χ0) is 13.1. The minimum Gasteiger partial charge on any atom is -0.377 e. The molecule has 0 saturated heterocycles. The van der Waals surface area contributed by atoms with E-state index in [1.165, 1.54) is 0 Å². The molecule has 0 unspecified atom stereocenters. The van der Waals surface area contributed by atoms with Crippen LogP contribution in [-0.4, -0.2) is 22.3 Å². The van der Waals surface area contributed by atoms with Gasteiger partial charge < -0.3 is 4.74 Å². The summed E-state index contributed by atoms with van der Waals surface area (Å²) >= 11 is 3.36. The first-order valence-corrected chi connectivity index (χ1v) is 6.63. The second-order valence-electron chi connectivity index (χ2n) is 4.32. The fourth-order valence-corrected chi connectivity index (χ4v) is 2.03. The third kappa shape index (κ3) is 2.97. The lowest BCUT2D eigenvalue weighted by atomic mass is 10.2. The van der Waals surface area contributed by atoms with E-state index in [4.69, 9.17) is 4.74 Å². The van der Waals surface area contributed by atoms with Crippen molar-refractivity contribution in [1.29, 1.82) is 0 Å². The summed E-state index contributed by atoms with van der Waals surface area (Å²) in [5.74, 6) is 0. The van der Waals surface area contributed by atoms with Gasteiger partial charge in [0, 0.05) is 4.47 Å². The maximum Gasteiger partial charge on any atom is 0.261 e. The molecule has 0 amide bonds. The van der Waals surface area contributed by atoms with Crippen molar-refractivity contribution in [3.63, 3.8) is 0 Å². The van der Waals surface area contributed by atoms with E-state index >= 15 is 0 Å². The predicted octanol–water partition coefficient (Wildman–Crippen LogP) is 2.58. The smallest absolute Gasteiger partial charge is 0.261 e. The molecule has 0 atom stereocenters. The highest BCUT2D eigenvalue weighted by Gasteiger charge is 2.04. The molecule has 0 bridgehead atoms. The summed E-state index contributed by atoms with van der Waals surface area (Å²) in [6.45, 7) is 4.98. The van der Waals surface area contributed by atoms with Crippen molar-refractivity contribution in [3.05, 3.63) is 39.4 Å². The Morgan fingerprint density at radius 3 is 2.94 bits per heavy atom. The molecule has 4 nitrogen and oxygen atoms in total. The Labute approximate surface area is 114 Å². The van der Waals surface area contributed by atoms with Crippen molar-refractivity contribution >= 4 is 26.8 Å². The minimum atomic E-state index is -0.0279. The standard InChI is InChI=1S/C13H15BrN2O2/c1-9(2)18-6-5-16-8-15-12-7-10(14)3-4-11(12)13(16)17/h3-4,7-9H,5-6H2,1-2H3. The molecule has 1 aromatic carbocycles. The molecule has 0 aliphatic carbocycles. The number of fused-ring (bicyclic) bond motifs is 1. The highest BCUT2D eigenvalue weighted by atomic mass is 79.9. The molecule has 1 heterocycles. The number of rotatable bonds is 4. The quantitative estimate of drug-likeness (QED) is 0.872. The first kappa shape index (κ1) is 13.2. The zero-order valence-electron chi connectivity index (χ0n) is 10.4. The highest BCUT2D eigenvalue weighted by Crippen LogP contribution is 2.14. The van der Waals surface area contributed by atoms with Crippen LogP contribution >= 0.6 is 15.9 Å². The lowest BCUT2D eigenvalue weighted by molar-refractivity contribution is 0.0722. The van der Waals surface area contributed by atoms with Gasteiger partial charge in [-0.3, -0.25) is 9.36 Å². The van der Waals surface area contributed by atoms with E-state index in [1.807, 2.05) is 26.0 Å². The summed E-state index contributed by atoms with van der Waals surface area (Å²) in [5.41, 5.74) is 0.676. The Kier molecular flexibility index (Phi) is 4.14. The van der Waals surface area contributed by atoms with Crippen LogP contribution in [0.3, 0.4) is 0 Å². The number of benzene rings is 1. The Morgan fingerprint density at radius 2 is 2.22 bits per heavy atom. The molecule has 5 heteroatoms. The molecule has 1 aromatic heterocycles. The first-order valence-electron chi connectivity index (χ1n) is 5.84. The summed E-state index contributed by atoms with van der Waals surface area (Å²) < 4.78 is 7.94. The van der Waals surface area contributed by atoms with Crippen LogP contribution in [0.15, 0.2) is 33.8 Å². The van der Waals surface area contributed by atoms with Crippen molar-refractivity contribution < 1.29 is 4.74 Å². The van der Waals surface area contributed by atoms with Crippen LogP contribution in [0.4, 0.5) is 0 Å². The third-order valence-electron chi connectivity index (χ3n) is 2.57. The Hall–Kier alpha value is -1.20. The summed E-state index contributed by atoms with van der Waals surface area (Å²) in [6.07, 6.45) is 1.74. The zero-order valence-corrected chi connectivity index (χ0v) is 12.0. The van der Waals surface area contributed by atoms with Gasteiger partial charge in [-0.2, -0.15) is 0 Å². The largest absolute Gasteiger partial charge is 0.377 e. The van der Waals surface area contributed by atoms with E-state index < -0.39 is 0 Å². The fourth-order valence-electron chi connectivity index (χ4n) is 1.68. The van der Waals surface area contributed by atoms with Crippen molar-refractivity contribution in [3.8, 4) is 0 Å². The molecule has 0 N–H and O–H groups in total. The van der Waals surface area contributed by atoms with Gasteiger partial charge in [-0.05, 0) is 32.0 Å². The summed E-state index contributed by atoms with van der Waals surface area (Å²) in [6, 6.07) is 5.47. The Morgan fingerprint density at radius 1 is 1.44 bits per heavy atom. The number of aromatic nitrogens is 2. The van der Waals surface area contributed by atoms with Gasteiger partial charge in [0.05, 0.1) is 36.5 Å². The maximum absolute atomic E-state index is 12.2. The first-order chi connectivity index (χ1) is 8.58. The molecule has 2 aromatic rings. The average Bonchev–Trinajstić information content (AvgIpc) is 2.31. The van der Waals surface area contributed by atoms with E-state index in [0.29, 0.717) is 24.1 Å². The Balaban J connectivity index is 2.28. The summed E-state index contributed by atoms with van der Waals surface area (Å²) in [5, 5.41) is 0.630. The predicted molar refractivity (Wildman–Crippen MR) is 74.8 cm³/mol. The molecule has 2 rings (SSSR count). The van der Waals surface area contributed by atoms with Crippen LogP contribution < -0.4 is 5.56 Å². The fraction of sp³-hybridized carbons (Fsp3) is 0.385. The number of nitrogens with zero attached hydrogens (tertiary/aromatic N) is 2. The van der Waals surface area contributed by atoms with Gasteiger partial charge in [0.2, 0.25) is 0 Å². The number of hydrogen-bond acceptors (Lipinski definition) is 3. The summed E-state index contributed by atoms with van der Waals surface area (Å²) in [7, 11) is 0. The van der Waals surface area contributed by atoms with Crippen molar-refractivity contribution in [2.45, 2.75) is 26.5 Å². The minimum absolute atomic E-state index is 0.0279. The van der Waals surface area contributed by atoms with Gasteiger partial charge in [0.15, 0.2) is 0 Å². The topological polar surface area (TPSA) is 44.1 Å². The molecular weight excluding hydrogens is 296 g/mol. The second kappa shape index (κ2) is 5.63. The van der Waals surface area contributed by atoms with Gasteiger partial charge in [0.25, 0.3) is 5.56 Å². The van der Waals surface area contributed by atoms with Gasteiger partial charge in [-0.15, -0.1) is 0 Å². The normalized spacial score (nSPS) is 11.3. The Bertz CT molecular complexity index is 607.